The predicted octanol–water partition coefficient (Wildman–Crippen LogP) is 0.359. The van der Waals surface area contributed by atoms with Crippen LogP contribution in [0.4, 0.5) is 0 Å². The van der Waals surface area contributed by atoms with Crippen molar-refractivity contribution in [1.82, 2.24) is 4.90 Å². The zero-order valence-corrected chi connectivity index (χ0v) is 10.2. The minimum atomic E-state index is -0.889. The number of carboxylic acids is 1. The Bertz CT molecular complexity index is 283. The van der Waals surface area contributed by atoms with Crippen molar-refractivity contribution in [3.05, 3.63) is 0 Å². The Hall–Kier alpha value is -0.670. The number of carbonyl (C=O) groups excluding carboxylic acids is 1. The van der Waals surface area contributed by atoms with Gasteiger partial charge in [-0.3, -0.25) is 9.59 Å². The molecule has 0 aliphatic carbocycles. The number of β-lactam (4-membered cyclic amide) rings is 1. The van der Waals surface area contributed by atoms with Crippen LogP contribution in [0.25, 0.3) is 0 Å². The van der Waals surface area contributed by atoms with Gasteiger partial charge in [0.05, 0.1) is 24.0 Å². The number of amides is 1. The quantitative estimate of drug-likeness (QED) is 0.562. The van der Waals surface area contributed by atoms with E-state index in [0.29, 0.717) is 0 Å². The molecule has 1 amide bonds. The first kappa shape index (κ1) is 12.4. The summed E-state index contributed by atoms with van der Waals surface area (Å²) in [5, 5.41) is 8.91. The Morgan fingerprint density at radius 2 is 2.13 bits per heavy atom. The number of carbonyl (C=O) groups is 2. The van der Waals surface area contributed by atoms with Crippen LogP contribution in [-0.2, 0) is 14.1 Å². The largest absolute Gasteiger partial charge is 0.481 e. The number of hydrogen-bond acceptors (Lipinski definition) is 3. The van der Waals surface area contributed by atoms with Crippen molar-refractivity contribution in [2.45, 2.75) is 26.0 Å². The topological polar surface area (TPSA) is 66.8 Å². The highest BCUT2D eigenvalue weighted by Crippen LogP contribution is 2.35. The lowest BCUT2D eigenvalue weighted by molar-refractivity contribution is -0.168. The Balaban J connectivity index is 2.79. The molecule has 86 valence electrons. The van der Waals surface area contributed by atoms with Crippen molar-refractivity contribution in [3.63, 3.8) is 0 Å². The van der Waals surface area contributed by atoms with Crippen molar-refractivity contribution in [1.29, 1.82) is 0 Å². The van der Waals surface area contributed by atoms with Gasteiger partial charge in [-0.05, 0) is 13.8 Å². The van der Waals surface area contributed by atoms with Gasteiger partial charge in [-0.25, -0.2) is 0 Å². The number of likely N-dealkylation sites (tertiary alicyclic amines) is 1. The average molecular weight is 233 g/mol. The summed E-state index contributed by atoms with van der Waals surface area (Å²) in [7, 11) is 3.73. The highest BCUT2D eigenvalue weighted by atomic mass is 31.0. The minimum absolute atomic E-state index is 0.0527. The smallest absolute Gasteiger partial charge is 0.308 e. The van der Waals surface area contributed by atoms with Crippen LogP contribution in [-0.4, -0.2) is 41.1 Å². The lowest BCUT2D eigenvalue weighted by Crippen LogP contribution is -2.65. The van der Waals surface area contributed by atoms with Gasteiger partial charge in [0.2, 0.25) is 5.91 Å². The van der Waals surface area contributed by atoms with E-state index in [0.717, 1.165) is 0 Å². The number of carboxylic acid groups (broad SMARTS) is 1. The van der Waals surface area contributed by atoms with E-state index in [2.05, 4.69) is 9.47 Å². The lowest BCUT2D eigenvalue weighted by Gasteiger charge is -2.48. The number of rotatable bonds is 4. The Labute approximate surface area is 91.1 Å². The van der Waals surface area contributed by atoms with Gasteiger partial charge in [-0.15, -0.1) is 0 Å². The molecule has 0 radical (unpaired) electrons. The van der Waals surface area contributed by atoms with Gasteiger partial charge in [-0.1, -0.05) is 0 Å². The second-order valence-electron chi connectivity index (χ2n) is 3.93. The molecule has 0 spiro atoms. The first-order valence-electron chi connectivity index (χ1n) is 4.76. The second-order valence-corrected chi connectivity index (χ2v) is 4.21. The molecule has 5 unspecified atom stereocenters. The summed E-state index contributed by atoms with van der Waals surface area (Å²) < 4.78 is 5.01. The van der Waals surface area contributed by atoms with E-state index < -0.39 is 11.9 Å². The van der Waals surface area contributed by atoms with Crippen molar-refractivity contribution in [2.24, 2.45) is 11.8 Å². The van der Waals surface area contributed by atoms with E-state index in [1.165, 1.54) is 4.90 Å². The molecule has 5 atom stereocenters. The van der Waals surface area contributed by atoms with Gasteiger partial charge in [0.25, 0.3) is 0 Å². The maximum Gasteiger partial charge on any atom is 0.308 e. The molecule has 0 aromatic carbocycles. The van der Waals surface area contributed by atoms with Crippen molar-refractivity contribution >= 4 is 21.3 Å². The highest BCUT2D eigenvalue weighted by molar-refractivity contribution is 7.09. The number of aliphatic carboxylic acids is 1. The predicted molar refractivity (Wildman–Crippen MR) is 57.1 cm³/mol. The van der Waals surface area contributed by atoms with E-state index in [9.17, 15) is 9.59 Å². The normalized spacial score (nSPS) is 29.6. The fraction of sp³-hybridized carbons (Fsp3) is 0.778. The van der Waals surface area contributed by atoms with Crippen LogP contribution in [0, 0.1) is 11.8 Å². The zero-order valence-electron chi connectivity index (χ0n) is 9.01. The molecular formula is C9H16NO4P. The third-order valence-corrected chi connectivity index (χ3v) is 3.50. The van der Waals surface area contributed by atoms with Crippen molar-refractivity contribution in [3.8, 4) is 0 Å². The first-order chi connectivity index (χ1) is 6.91. The van der Waals surface area contributed by atoms with E-state index in [4.69, 9.17) is 9.63 Å². The van der Waals surface area contributed by atoms with Crippen molar-refractivity contribution < 1.29 is 19.2 Å². The second kappa shape index (κ2) is 4.45. The summed E-state index contributed by atoms with van der Waals surface area (Å²) in [6.07, 6.45) is -0.273. The van der Waals surface area contributed by atoms with Gasteiger partial charge in [-0.2, -0.15) is 0 Å². The molecule has 5 nitrogen and oxygen atoms in total. The zero-order chi connectivity index (χ0) is 11.7. The molecule has 1 heterocycles. The first-order valence-corrected chi connectivity index (χ1v) is 5.24. The van der Waals surface area contributed by atoms with Gasteiger partial charge >= 0.3 is 5.97 Å². The van der Waals surface area contributed by atoms with Crippen molar-refractivity contribution in [2.75, 3.05) is 7.05 Å². The third-order valence-electron chi connectivity index (χ3n) is 3.07. The van der Waals surface area contributed by atoms with Crippen LogP contribution in [0.3, 0.4) is 0 Å². The van der Waals surface area contributed by atoms with Crippen LogP contribution >= 0.6 is 9.47 Å². The minimum Gasteiger partial charge on any atom is -0.481 e. The number of hydrogen-bond donors (Lipinski definition) is 1. The maximum absolute atomic E-state index is 11.5. The summed E-state index contributed by atoms with van der Waals surface area (Å²) in [4.78, 5) is 23.9. The van der Waals surface area contributed by atoms with E-state index >= 15 is 0 Å². The van der Waals surface area contributed by atoms with Gasteiger partial charge in [0, 0.05) is 16.5 Å². The molecule has 1 rings (SSSR count). The summed E-state index contributed by atoms with van der Waals surface area (Å²) in [5.41, 5.74) is 0. The molecule has 1 saturated heterocycles. The van der Waals surface area contributed by atoms with Crippen LogP contribution in [0.15, 0.2) is 0 Å². The maximum atomic E-state index is 11.5. The highest BCUT2D eigenvalue weighted by Gasteiger charge is 2.52. The standard InChI is InChI=1S/C9H16NO4P/c1-4(9(12)13)7-6(5(2)14-15)8(11)10(7)3/h4-7H,15H2,1-3H3,(H,12,13). The number of nitrogens with zero attached hydrogens (tertiary/aromatic N) is 1. The SMILES string of the molecule is CC(OP)C1C(=O)N(C)C1C(C)C(=O)O. The fourth-order valence-electron chi connectivity index (χ4n) is 2.04. The molecule has 0 aromatic heterocycles. The summed E-state index contributed by atoms with van der Waals surface area (Å²) in [6, 6.07) is -0.273. The van der Waals surface area contributed by atoms with Crippen LogP contribution in [0.1, 0.15) is 13.8 Å². The molecule has 6 heteroatoms. The van der Waals surface area contributed by atoms with E-state index in [-0.39, 0.29) is 24.0 Å². The van der Waals surface area contributed by atoms with Crippen LogP contribution in [0.5, 0.6) is 0 Å². The lowest BCUT2D eigenvalue weighted by atomic mass is 9.77. The molecule has 1 N–H and O–H groups in total. The van der Waals surface area contributed by atoms with Gasteiger partial charge in [0.1, 0.15) is 0 Å². The van der Waals surface area contributed by atoms with E-state index in [1.807, 2.05) is 0 Å². The third kappa shape index (κ3) is 1.99. The van der Waals surface area contributed by atoms with E-state index in [1.54, 1.807) is 20.9 Å². The monoisotopic (exact) mass is 233 g/mol. The molecule has 0 aromatic rings. The molecule has 0 bridgehead atoms. The molecule has 1 aliphatic heterocycles. The molecular weight excluding hydrogens is 217 g/mol. The Morgan fingerprint density at radius 1 is 1.60 bits per heavy atom. The van der Waals surface area contributed by atoms with Gasteiger partial charge < -0.3 is 14.5 Å². The summed E-state index contributed by atoms with van der Waals surface area (Å²) >= 11 is 0. The van der Waals surface area contributed by atoms with Crippen LogP contribution in [0.2, 0.25) is 0 Å². The Kier molecular flexibility index (Phi) is 3.68. The molecule has 15 heavy (non-hydrogen) atoms. The van der Waals surface area contributed by atoms with Crippen LogP contribution < -0.4 is 0 Å². The molecule has 0 saturated carbocycles. The average Bonchev–Trinajstić information content (AvgIpc) is 2.22. The Morgan fingerprint density at radius 3 is 2.53 bits per heavy atom. The molecule has 1 fully saturated rings. The summed E-state index contributed by atoms with van der Waals surface area (Å²) in [6.45, 7) is 3.38. The summed E-state index contributed by atoms with van der Waals surface area (Å²) in [5.74, 6) is -1.86. The van der Waals surface area contributed by atoms with Gasteiger partial charge in [0.15, 0.2) is 0 Å². The fourth-order valence-corrected chi connectivity index (χ4v) is 2.21. The molecule has 1 aliphatic rings.